The summed E-state index contributed by atoms with van der Waals surface area (Å²) in [6, 6.07) is 13.2. The molecule has 2 saturated heterocycles. The minimum atomic E-state index is -0.354. The molecule has 0 bridgehead atoms. The predicted octanol–water partition coefficient (Wildman–Crippen LogP) is 3.81. The van der Waals surface area contributed by atoms with Gasteiger partial charge in [-0.2, -0.15) is 0 Å². The fraction of sp³-hybridized carbons (Fsp3) is 0.520. The lowest BCUT2D eigenvalue weighted by molar-refractivity contribution is 0.00578. The van der Waals surface area contributed by atoms with Crippen molar-refractivity contribution in [2.24, 2.45) is 0 Å². The normalized spacial score (nSPS) is 24.4. The molecule has 0 aromatic heterocycles. The minimum Gasteiger partial charge on any atom is -0.404 e. The highest BCUT2D eigenvalue weighted by Gasteiger charge is 2.52. The summed E-state index contributed by atoms with van der Waals surface area (Å²) in [7, 11) is -0.659. The van der Waals surface area contributed by atoms with Crippen molar-refractivity contribution in [2.75, 3.05) is 6.61 Å². The van der Waals surface area contributed by atoms with Gasteiger partial charge >= 0.3 is 14.2 Å². The first-order valence-electron chi connectivity index (χ1n) is 11.3. The molecule has 2 aliphatic heterocycles. The Morgan fingerprint density at radius 2 is 1.13 bits per heavy atom. The molecule has 2 heterocycles. The van der Waals surface area contributed by atoms with Crippen molar-refractivity contribution in [3.05, 3.63) is 47.5 Å². The van der Waals surface area contributed by atoms with Gasteiger partial charge in [0.25, 0.3) is 0 Å². The SMILES string of the molecule is CC1(C)COB(c2ccc3c(c2)C(C)(C)c2cc(B4OC(C)(C)C(C)(C)O4)ccc2-3)O1. The molecule has 4 nitrogen and oxygen atoms in total. The van der Waals surface area contributed by atoms with Crippen LogP contribution in [0.3, 0.4) is 0 Å². The summed E-state index contributed by atoms with van der Waals surface area (Å²) in [6.07, 6.45) is 0. The highest BCUT2D eigenvalue weighted by atomic mass is 16.7. The molecule has 5 rings (SSSR count). The lowest BCUT2D eigenvalue weighted by Crippen LogP contribution is -2.41. The van der Waals surface area contributed by atoms with E-state index in [4.69, 9.17) is 18.6 Å². The van der Waals surface area contributed by atoms with E-state index in [-0.39, 0.29) is 36.5 Å². The van der Waals surface area contributed by atoms with Crippen LogP contribution in [0.4, 0.5) is 0 Å². The summed E-state index contributed by atoms with van der Waals surface area (Å²) in [5, 5.41) is 0. The molecule has 3 aliphatic rings. The fourth-order valence-electron chi connectivity index (χ4n) is 4.84. The van der Waals surface area contributed by atoms with E-state index in [1.165, 1.54) is 22.3 Å². The third-order valence-corrected chi connectivity index (χ3v) is 7.53. The molecule has 6 heteroatoms. The predicted molar refractivity (Wildman–Crippen MR) is 126 cm³/mol. The van der Waals surface area contributed by atoms with Gasteiger partial charge in [0.15, 0.2) is 0 Å². The number of hydrogen-bond acceptors (Lipinski definition) is 4. The molecule has 0 atom stereocenters. The molecule has 31 heavy (non-hydrogen) atoms. The van der Waals surface area contributed by atoms with Crippen molar-refractivity contribution in [1.29, 1.82) is 0 Å². The van der Waals surface area contributed by atoms with Gasteiger partial charge in [-0.1, -0.05) is 50.2 Å². The summed E-state index contributed by atoms with van der Waals surface area (Å²) >= 11 is 0. The maximum absolute atomic E-state index is 6.31. The van der Waals surface area contributed by atoms with E-state index in [9.17, 15) is 0 Å². The van der Waals surface area contributed by atoms with E-state index in [1.54, 1.807) is 0 Å². The molecule has 2 aromatic carbocycles. The van der Waals surface area contributed by atoms with Crippen LogP contribution in [0.2, 0.25) is 0 Å². The maximum atomic E-state index is 6.31. The van der Waals surface area contributed by atoms with Crippen molar-refractivity contribution >= 4 is 25.2 Å². The van der Waals surface area contributed by atoms with E-state index in [0.29, 0.717) is 6.61 Å². The molecule has 0 saturated carbocycles. The van der Waals surface area contributed by atoms with Crippen molar-refractivity contribution < 1.29 is 18.6 Å². The summed E-state index contributed by atoms with van der Waals surface area (Å²) in [4.78, 5) is 0. The van der Waals surface area contributed by atoms with Crippen LogP contribution in [0, 0.1) is 0 Å². The standard InChI is InChI=1S/C25H32B2O4/c1-22(2)15-28-26(29-22)16-9-11-18-19-12-10-17(14-21(19)23(3,4)20(18)13-16)27-30-24(5,6)25(7,8)31-27/h9-14H,15H2,1-8H3. The highest BCUT2D eigenvalue weighted by molar-refractivity contribution is 6.62. The zero-order valence-corrected chi connectivity index (χ0v) is 20.0. The van der Waals surface area contributed by atoms with E-state index < -0.39 is 0 Å². The Labute approximate surface area is 186 Å². The fourth-order valence-corrected chi connectivity index (χ4v) is 4.84. The van der Waals surface area contributed by atoms with Gasteiger partial charge in [0.2, 0.25) is 0 Å². The van der Waals surface area contributed by atoms with Crippen LogP contribution in [0.25, 0.3) is 11.1 Å². The summed E-state index contributed by atoms with van der Waals surface area (Å²) < 4.78 is 24.7. The Hall–Kier alpha value is -1.59. The van der Waals surface area contributed by atoms with Crippen molar-refractivity contribution in [3.8, 4) is 11.1 Å². The molecule has 162 valence electrons. The molecule has 2 fully saturated rings. The second-order valence-corrected chi connectivity index (χ2v) is 11.3. The molecule has 0 spiro atoms. The van der Waals surface area contributed by atoms with Crippen LogP contribution in [-0.4, -0.2) is 37.6 Å². The minimum absolute atomic E-state index is 0.131. The first-order chi connectivity index (χ1) is 14.3. The first kappa shape index (κ1) is 21.3. The number of fused-ring (bicyclic) bond motifs is 3. The Kier molecular flexibility index (Phi) is 4.44. The average molecular weight is 418 g/mol. The third kappa shape index (κ3) is 3.22. The molecule has 0 amide bonds. The second-order valence-electron chi connectivity index (χ2n) is 11.3. The van der Waals surface area contributed by atoms with Crippen LogP contribution in [0.1, 0.15) is 66.5 Å². The van der Waals surface area contributed by atoms with E-state index in [0.717, 1.165) is 10.9 Å². The Morgan fingerprint density at radius 3 is 1.58 bits per heavy atom. The molecule has 2 aromatic rings. The monoisotopic (exact) mass is 418 g/mol. The van der Waals surface area contributed by atoms with Crippen LogP contribution in [0.5, 0.6) is 0 Å². The van der Waals surface area contributed by atoms with Gasteiger partial charge in [0.1, 0.15) is 0 Å². The average Bonchev–Trinajstić information content (AvgIpc) is 3.23. The van der Waals surface area contributed by atoms with E-state index in [1.807, 2.05) is 0 Å². The smallest absolute Gasteiger partial charge is 0.404 e. The van der Waals surface area contributed by atoms with Crippen LogP contribution in [0.15, 0.2) is 36.4 Å². The van der Waals surface area contributed by atoms with Gasteiger partial charge in [0.05, 0.1) is 23.4 Å². The third-order valence-electron chi connectivity index (χ3n) is 7.53. The molecular weight excluding hydrogens is 386 g/mol. The number of hydrogen-bond donors (Lipinski definition) is 0. The van der Waals surface area contributed by atoms with Crippen molar-refractivity contribution in [3.63, 3.8) is 0 Å². The molecular formula is C25H32B2O4. The van der Waals surface area contributed by atoms with Gasteiger partial charge in [0, 0.05) is 5.41 Å². The molecule has 0 unspecified atom stereocenters. The zero-order valence-electron chi connectivity index (χ0n) is 20.0. The maximum Gasteiger partial charge on any atom is 0.494 e. The van der Waals surface area contributed by atoms with Crippen LogP contribution < -0.4 is 10.9 Å². The molecule has 0 N–H and O–H groups in total. The molecule has 1 aliphatic carbocycles. The van der Waals surface area contributed by atoms with Crippen molar-refractivity contribution in [2.45, 2.75) is 77.6 Å². The van der Waals surface area contributed by atoms with Gasteiger partial charge in [-0.05, 0) is 74.7 Å². The lowest BCUT2D eigenvalue weighted by atomic mass is 9.73. The Morgan fingerprint density at radius 1 is 0.645 bits per heavy atom. The first-order valence-corrected chi connectivity index (χ1v) is 11.3. The second kappa shape index (κ2) is 6.48. The highest BCUT2D eigenvalue weighted by Crippen LogP contribution is 2.48. The van der Waals surface area contributed by atoms with Gasteiger partial charge in [-0.3, -0.25) is 0 Å². The van der Waals surface area contributed by atoms with Gasteiger partial charge in [-0.25, -0.2) is 0 Å². The van der Waals surface area contributed by atoms with Crippen molar-refractivity contribution in [1.82, 2.24) is 0 Å². The molecule has 0 radical (unpaired) electrons. The summed E-state index contributed by atoms with van der Waals surface area (Å²) in [5.41, 5.74) is 6.25. The quantitative estimate of drug-likeness (QED) is 0.696. The van der Waals surface area contributed by atoms with E-state index in [2.05, 4.69) is 91.8 Å². The van der Waals surface area contributed by atoms with Gasteiger partial charge < -0.3 is 18.6 Å². The van der Waals surface area contributed by atoms with E-state index >= 15 is 0 Å². The lowest BCUT2D eigenvalue weighted by Gasteiger charge is -2.32. The van der Waals surface area contributed by atoms with Gasteiger partial charge in [-0.15, -0.1) is 0 Å². The zero-order chi connectivity index (χ0) is 22.4. The number of benzene rings is 2. The summed E-state index contributed by atoms with van der Waals surface area (Å²) in [6.45, 7) is 17.7. The topological polar surface area (TPSA) is 36.9 Å². The van der Waals surface area contributed by atoms with Crippen LogP contribution >= 0.6 is 0 Å². The summed E-state index contributed by atoms with van der Waals surface area (Å²) in [5.74, 6) is 0. The Balaban J connectivity index is 1.50. The largest absolute Gasteiger partial charge is 0.494 e. The number of rotatable bonds is 2. The van der Waals surface area contributed by atoms with Crippen LogP contribution in [-0.2, 0) is 24.0 Å². The Bertz CT molecular complexity index is 1040.